The normalized spacial score (nSPS) is 21.1. The molecule has 0 N–H and O–H groups in total. The molecular formula is C19H27N3O3. The summed E-state index contributed by atoms with van der Waals surface area (Å²) in [5.41, 5.74) is 1.09. The minimum Gasteiger partial charge on any atom is -0.378 e. The van der Waals surface area contributed by atoms with Gasteiger partial charge in [-0.25, -0.2) is 4.79 Å². The Balaban J connectivity index is 1.66. The molecule has 25 heavy (non-hydrogen) atoms. The smallest absolute Gasteiger partial charge is 0.320 e. The lowest BCUT2D eigenvalue weighted by atomic mass is 10.0. The van der Waals surface area contributed by atoms with Gasteiger partial charge in [0.05, 0.1) is 13.2 Å². The largest absolute Gasteiger partial charge is 0.378 e. The van der Waals surface area contributed by atoms with Crippen LogP contribution in [-0.2, 0) is 16.1 Å². The number of hydrogen-bond acceptors (Lipinski definition) is 3. The fourth-order valence-electron chi connectivity index (χ4n) is 3.56. The highest BCUT2D eigenvalue weighted by molar-refractivity contribution is 5.87. The van der Waals surface area contributed by atoms with Crippen molar-refractivity contribution in [1.82, 2.24) is 14.7 Å². The first-order chi connectivity index (χ1) is 12.2. The molecule has 0 aliphatic carbocycles. The molecule has 0 bridgehead atoms. The van der Waals surface area contributed by atoms with Crippen LogP contribution in [0.5, 0.6) is 0 Å². The topological polar surface area (TPSA) is 53.1 Å². The fourth-order valence-corrected chi connectivity index (χ4v) is 3.56. The lowest BCUT2D eigenvalue weighted by Gasteiger charge is -2.40. The summed E-state index contributed by atoms with van der Waals surface area (Å²) in [5, 5.41) is 0. The molecule has 3 amide bonds. The molecule has 2 aliphatic heterocycles. The monoisotopic (exact) mass is 345 g/mol. The third-order valence-corrected chi connectivity index (χ3v) is 4.95. The summed E-state index contributed by atoms with van der Waals surface area (Å²) in [4.78, 5) is 31.2. The Morgan fingerprint density at radius 1 is 1.12 bits per heavy atom. The predicted molar refractivity (Wildman–Crippen MR) is 95.0 cm³/mol. The summed E-state index contributed by atoms with van der Waals surface area (Å²) in [6, 6.07) is 9.53. The van der Waals surface area contributed by atoms with E-state index >= 15 is 0 Å². The molecule has 3 rings (SSSR count). The van der Waals surface area contributed by atoms with Crippen LogP contribution in [0.1, 0.15) is 24.8 Å². The van der Waals surface area contributed by atoms with Crippen molar-refractivity contribution in [3.05, 3.63) is 35.9 Å². The first-order valence-electron chi connectivity index (χ1n) is 9.09. The highest BCUT2D eigenvalue weighted by atomic mass is 16.5. The number of piperidine rings is 1. The molecule has 6 heteroatoms. The van der Waals surface area contributed by atoms with E-state index in [1.807, 2.05) is 35.2 Å². The Labute approximate surface area is 149 Å². The second-order valence-corrected chi connectivity index (χ2v) is 6.77. The van der Waals surface area contributed by atoms with Crippen LogP contribution in [0.4, 0.5) is 4.79 Å². The number of carbonyl (C=O) groups excluding carboxylic acids is 2. The molecule has 2 heterocycles. The van der Waals surface area contributed by atoms with Gasteiger partial charge in [-0.2, -0.15) is 0 Å². The average molecular weight is 345 g/mol. The van der Waals surface area contributed by atoms with Crippen molar-refractivity contribution in [3.63, 3.8) is 0 Å². The van der Waals surface area contributed by atoms with E-state index < -0.39 is 0 Å². The summed E-state index contributed by atoms with van der Waals surface area (Å²) in [6.45, 7) is 3.61. The van der Waals surface area contributed by atoms with Crippen molar-refractivity contribution >= 4 is 11.9 Å². The summed E-state index contributed by atoms with van der Waals surface area (Å²) in [6.07, 6.45) is 2.70. The van der Waals surface area contributed by atoms with Crippen molar-refractivity contribution < 1.29 is 14.3 Å². The predicted octanol–water partition coefficient (Wildman–Crippen LogP) is 1.95. The quantitative estimate of drug-likeness (QED) is 0.841. The molecule has 1 unspecified atom stereocenters. The van der Waals surface area contributed by atoms with Crippen molar-refractivity contribution in [3.8, 4) is 0 Å². The number of rotatable bonds is 3. The Kier molecular flexibility index (Phi) is 5.91. The van der Waals surface area contributed by atoms with E-state index in [-0.39, 0.29) is 18.0 Å². The van der Waals surface area contributed by atoms with Crippen LogP contribution in [0.25, 0.3) is 0 Å². The van der Waals surface area contributed by atoms with Crippen LogP contribution in [0.15, 0.2) is 30.3 Å². The van der Waals surface area contributed by atoms with Crippen LogP contribution in [-0.4, -0.2) is 72.6 Å². The van der Waals surface area contributed by atoms with Gasteiger partial charge < -0.3 is 19.4 Å². The lowest BCUT2D eigenvalue weighted by molar-refractivity contribution is -0.141. The first-order valence-corrected chi connectivity index (χ1v) is 9.09. The Bertz CT molecular complexity index is 587. The first kappa shape index (κ1) is 17.7. The summed E-state index contributed by atoms with van der Waals surface area (Å²) >= 11 is 0. The number of benzene rings is 1. The second kappa shape index (κ2) is 8.34. The molecule has 0 spiro atoms. The van der Waals surface area contributed by atoms with Gasteiger partial charge in [0.2, 0.25) is 5.91 Å². The van der Waals surface area contributed by atoms with E-state index in [0.29, 0.717) is 39.4 Å². The number of urea groups is 1. The number of hydrogen-bond donors (Lipinski definition) is 0. The van der Waals surface area contributed by atoms with E-state index in [9.17, 15) is 9.59 Å². The SMILES string of the molecule is CN(Cc1ccccc1)C(=O)N1CCCCC1C(=O)N1CCOCC1. The molecule has 1 aromatic carbocycles. The van der Waals surface area contributed by atoms with Crippen molar-refractivity contribution in [2.24, 2.45) is 0 Å². The maximum Gasteiger partial charge on any atom is 0.320 e. The Morgan fingerprint density at radius 2 is 1.84 bits per heavy atom. The highest BCUT2D eigenvalue weighted by Crippen LogP contribution is 2.21. The van der Waals surface area contributed by atoms with E-state index in [4.69, 9.17) is 4.74 Å². The zero-order valence-corrected chi connectivity index (χ0v) is 14.9. The number of morpholine rings is 1. The zero-order valence-electron chi connectivity index (χ0n) is 14.9. The molecule has 1 aromatic rings. The Hall–Kier alpha value is -2.08. The lowest BCUT2D eigenvalue weighted by Crippen LogP contribution is -2.57. The zero-order chi connectivity index (χ0) is 17.6. The number of nitrogens with zero attached hydrogens (tertiary/aromatic N) is 3. The van der Waals surface area contributed by atoms with Gasteiger partial charge in [0.1, 0.15) is 6.04 Å². The molecule has 2 fully saturated rings. The number of carbonyl (C=O) groups is 2. The summed E-state index contributed by atoms with van der Waals surface area (Å²) in [5.74, 6) is 0.0736. The average Bonchev–Trinajstić information content (AvgIpc) is 2.68. The van der Waals surface area contributed by atoms with Crippen LogP contribution in [0.2, 0.25) is 0 Å². The van der Waals surface area contributed by atoms with E-state index in [1.165, 1.54) is 0 Å². The molecule has 0 radical (unpaired) electrons. The van der Waals surface area contributed by atoms with Crippen LogP contribution in [0.3, 0.4) is 0 Å². The van der Waals surface area contributed by atoms with Crippen LogP contribution < -0.4 is 0 Å². The molecule has 2 saturated heterocycles. The molecule has 136 valence electrons. The molecule has 1 atom stereocenters. The van der Waals surface area contributed by atoms with Gasteiger partial charge in [-0.1, -0.05) is 30.3 Å². The van der Waals surface area contributed by atoms with Crippen LogP contribution >= 0.6 is 0 Å². The Morgan fingerprint density at radius 3 is 2.56 bits per heavy atom. The molecule has 0 saturated carbocycles. The summed E-state index contributed by atoms with van der Waals surface area (Å²) in [7, 11) is 1.81. The third-order valence-electron chi connectivity index (χ3n) is 4.95. The van der Waals surface area contributed by atoms with E-state index in [1.54, 1.807) is 16.8 Å². The van der Waals surface area contributed by atoms with Gasteiger partial charge in [0.25, 0.3) is 0 Å². The number of likely N-dealkylation sites (tertiary alicyclic amines) is 1. The maximum atomic E-state index is 13.0. The molecule has 6 nitrogen and oxygen atoms in total. The molecular weight excluding hydrogens is 318 g/mol. The van der Waals surface area contributed by atoms with Gasteiger partial charge >= 0.3 is 6.03 Å². The minimum absolute atomic E-state index is 0.0600. The van der Waals surface area contributed by atoms with Gasteiger partial charge in [-0.15, -0.1) is 0 Å². The summed E-state index contributed by atoms with van der Waals surface area (Å²) < 4.78 is 5.33. The second-order valence-electron chi connectivity index (χ2n) is 6.77. The minimum atomic E-state index is -0.336. The number of ether oxygens (including phenoxy) is 1. The van der Waals surface area contributed by atoms with Crippen LogP contribution in [0, 0.1) is 0 Å². The van der Waals surface area contributed by atoms with Gasteiger partial charge in [-0.3, -0.25) is 4.79 Å². The van der Waals surface area contributed by atoms with Crippen molar-refractivity contribution in [1.29, 1.82) is 0 Å². The van der Waals surface area contributed by atoms with Gasteiger partial charge in [0, 0.05) is 33.2 Å². The molecule has 2 aliphatic rings. The van der Waals surface area contributed by atoms with Crippen molar-refractivity contribution in [2.45, 2.75) is 31.8 Å². The maximum absolute atomic E-state index is 13.0. The fraction of sp³-hybridized carbons (Fsp3) is 0.579. The van der Waals surface area contributed by atoms with Gasteiger partial charge in [0.15, 0.2) is 0 Å². The molecule has 0 aromatic heterocycles. The third kappa shape index (κ3) is 4.31. The number of amides is 3. The van der Waals surface area contributed by atoms with E-state index in [2.05, 4.69) is 0 Å². The highest BCUT2D eigenvalue weighted by Gasteiger charge is 2.36. The van der Waals surface area contributed by atoms with E-state index in [0.717, 1.165) is 24.8 Å². The van der Waals surface area contributed by atoms with Gasteiger partial charge in [-0.05, 0) is 24.8 Å². The standard InChI is InChI=1S/C19H27N3O3/c1-20(15-16-7-3-2-4-8-16)19(24)22-10-6-5-9-17(22)18(23)21-11-13-25-14-12-21/h2-4,7-8,17H,5-6,9-15H2,1H3. The van der Waals surface area contributed by atoms with Crippen molar-refractivity contribution in [2.75, 3.05) is 39.9 Å².